The average Bonchev–Trinajstić information content (AvgIpc) is 2.39. The molecule has 20 heavy (non-hydrogen) atoms. The van der Waals surface area contributed by atoms with E-state index in [0.29, 0.717) is 26.2 Å². The molecule has 0 rings (SSSR count). The Labute approximate surface area is 123 Å². The Morgan fingerprint density at radius 1 is 1.20 bits per heavy atom. The van der Waals surface area contributed by atoms with Crippen LogP contribution in [-0.2, 0) is 19.5 Å². The lowest BCUT2D eigenvalue weighted by Crippen LogP contribution is -2.44. The molecule has 122 valence electrons. The van der Waals surface area contributed by atoms with E-state index in [9.17, 15) is 8.42 Å². The number of ether oxygens (including phenoxy) is 2. The molecule has 1 N–H and O–H groups in total. The average molecular weight is 310 g/mol. The number of rotatable bonds is 13. The van der Waals surface area contributed by atoms with Crippen molar-refractivity contribution in [2.45, 2.75) is 32.7 Å². The van der Waals surface area contributed by atoms with Crippen LogP contribution < -0.4 is 5.32 Å². The molecule has 1 unspecified atom stereocenters. The lowest BCUT2D eigenvalue weighted by atomic mass is 10.3. The van der Waals surface area contributed by atoms with E-state index >= 15 is 0 Å². The Morgan fingerprint density at radius 2 is 1.90 bits per heavy atom. The maximum atomic E-state index is 12.4. The van der Waals surface area contributed by atoms with Crippen molar-refractivity contribution in [3.05, 3.63) is 0 Å². The maximum absolute atomic E-state index is 12.4. The summed E-state index contributed by atoms with van der Waals surface area (Å²) in [5.74, 6) is 0.154. The molecule has 6 nitrogen and oxygen atoms in total. The molecule has 0 heterocycles. The highest BCUT2D eigenvalue weighted by Gasteiger charge is 2.26. The summed E-state index contributed by atoms with van der Waals surface area (Å²) in [7, 11) is -0.124. The molecule has 0 aliphatic carbocycles. The second-order valence-electron chi connectivity index (χ2n) is 4.83. The third kappa shape index (κ3) is 8.16. The van der Waals surface area contributed by atoms with Gasteiger partial charge in [0.25, 0.3) is 0 Å². The molecule has 0 aromatic rings. The normalized spacial score (nSPS) is 13.8. The molecule has 0 amide bonds. The summed E-state index contributed by atoms with van der Waals surface area (Å²) in [6.45, 7) is 6.73. The summed E-state index contributed by atoms with van der Waals surface area (Å²) >= 11 is 0. The number of nitrogens with zero attached hydrogens (tertiary/aromatic N) is 1. The summed E-state index contributed by atoms with van der Waals surface area (Å²) in [5, 5.41) is 3.21. The van der Waals surface area contributed by atoms with Gasteiger partial charge in [-0.3, -0.25) is 0 Å². The van der Waals surface area contributed by atoms with Gasteiger partial charge in [-0.1, -0.05) is 6.92 Å². The Morgan fingerprint density at radius 3 is 2.45 bits per heavy atom. The fraction of sp³-hybridized carbons (Fsp3) is 1.00. The van der Waals surface area contributed by atoms with E-state index in [1.165, 1.54) is 4.31 Å². The first-order valence-electron chi connectivity index (χ1n) is 7.17. The third-order valence-electron chi connectivity index (χ3n) is 2.96. The van der Waals surface area contributed by atoms with Gasteiger partial charge in [0.05, 0.1) is 19.0 Å². The molecular formula is C13H30N2O4S. The van der Waals surface area contributed by atoms with Gasteiger partial charge in [0.2, 0.25) is 10.0 Å². The SMILES string of the molecule is CCCNCCCS(=O)(=O)N(CCOC)C(C)COC. The molecule has 1 atom stereocenters. The van der Waals surface area contributed by atoms with Crippen LogP contribution in [0.1, 0.15) is 26.7 Å². The molecule has 0 bridgehead atoms. The molecule has 0 radical (unpaired) electrons. The van der Waals surface area contributed by atoms with E-state index in [0.717, 1.165) is 19.5 Å². The number of hydrogen-bond acceptors (Lipinski definition) is 5. The lowest BCUT2D eigenvalue weighted by Gasteiger charge is -2.27. The molecule has 0 saturated carbocycles. The van der Waals surface area contributed by atoms with E-state index in [1.807, 2.05) is 6.92 Å². The van der Waals surface area contributed by atoms with Crippen molar-refractivity contribution in [1.82, 2.24) is 9.62 Å². The van der Waals surface area contributed by atoms with Crippen LogP contribution in [0, 0.1) is 0 Å². The molecule has 7 heteroatoms. The Balaban J connectivity index is 4.43. The number of hydrogen-bond donors (Lipinski definition) is 1. The Hall–Kier alpha value is -0.210. The lowest BCUT2D eigenvalue weighted by molar-refractivity contribution is 0.119. The quantitative estimate of drug-likeness (QED) is 0.507. The molecule has 0 aromatic heterocycles. The third-order valence-corrected chi connectivity index (χ3v) is 5.02. The van der Waals surface area contributed by atoms with Crippen LogP contribution in [0.3, 0.4) is 0 Å². The van der Waals surface area contributed by atoms with Gasteiger partial charge in [-0.25, -0.2) is 8.42 Å². The second-order valence-corrected chi connectivity index (χ2v) is 6.87. The fourth-order valence-corrected chi connectivity index (χ4v) is 3.64. The van der Waals surface area contributed by atoms with Crippen molar-refractivity contribution in [3.8, 4) is 0 Å². The smallest absolute Gasteiger partial charge is 0.214 e. The van der Waals surface area contributed by atoms with E-state index in [-0.39, 0.29) is 11.8 Å². The Kier molecular flexibility index (Phi) is 11.3. The Bertz CT molecular complexity index is 322. The first-order chi connectivity index (χ1) is 9.49. The minimum absolute atomic E-state index is 0.154. The van der Waals surface area contributed by atoms with Crippen LogP contribution >= 0.6 is 0 Å². The predicted octanol–water partition coefficient (Wildman–Crippen LogP) is 0.689. The van der Waals surface area contributed by atoms with Crippen molar-refractivity contribution in [2.24, 2.45) is 0 Å². The zero-order valence-corrected chi connectivity index (χ0v) is 14.0. The summed E-state index contributed by atoms with van der Waals surface area (Å²) in [5.41, 5.74) is 0. The number of methoxy groups -OCH3 is 2. The van der Waals surface area contributed by atoms with Crippen LogP contribution in [-0.4, -0.2) is 71.6 Å². The highest BCUT2D eigenvalue weighted by Crippen LogP contribution is 2.09. The van der Waals surface area contributed by atoms with Crippen molar-refractivity contribution >= 4 is 10.0 Å². The van der Waals surface area contributed by atoms with E-state index in [4.69, 9.17) is 9.47 Å². The van der Waals surface area contributed by atoms with Gasteiger partial charge in [0.1, 0.15) is 0 Å². The monoisotopic (exact) mass is 310 g/mol. The van der Waals surface area contributed by atoms with Crippen molar-refractivity contribution in [3.63, 3.8) is 0 Å². The first kappa shape index (κ1) is 19.8. The van der Waals surface area contributed by atoms with Gasteiger partial charge < -0.3 is 14.8 Å². The topological polar surface area (TPSA) is 67.9 Å². The van der Waals surface area contributed by atoms with E-state index in [1.54, 1.807) is 14.2 Å². The molecule has 0 aliphatic heterocycles. The molecule has 0 spiro atoms. The van der Waals surface area contributed by atoms with Crippen LogP contribution in [0.15, 0.2) is 0 Å². The van der Waals surface area contributed by atoms with Crippen molar-refractivity contribution in [2.75, 3.05) is 52.8 Å². The van der Waals surface area contributed by atoms with Crippen LogP contribution in [0.5, 0.6) is 0 Å². The molecule has 0 aliphatic rings. The molecular weight excluding hydrogens is 280 g/mol. The summed E-state index contributed by atoms with van der Waals surface area (Å²) in [4.78, 5) is 0. The van der Waals surface area contributed by atoms with Gasteiger partial charge in [0, 0.05) is 26.8 Å². The highest BCUT2D eigenvalue weighted by atomic mass is 32.2. The largest absolute Gasteiger partial charge is 0.383 e. The van der Waals surface area contributed by atoms with Crippen LogP contribution in [0.4, 0.5) is 0 Å². The minimum Gasteiger partial charge on any atom is -0.383 e. The number of nitrogens with one attached hydrogen (secondary N) is 1. The summed E-state index contributed by atoms with van der Waals surface area (Å²) in [6, 6.07) is -0.177. The van der Waals surface area contributed by atoms with E-state index < -0.39 is 10.0 Å². The van der Waals surface area contributed by atoms with Gasteiger partial charge in [-0.2, -0.15) is 4.31 Å². The molecule has 0 fully saturated rings. The maximum Gasteiger partial charge on any atom is 0.214 e. The fourth-order valence-electron chi connectivity index (χ4n) is 1.94. The summed E-state index contributed by atoms with van der Waals surface area (Å²) < 4.78 is 36.3. The zero-order valence-electron chi connectivity index (χ0n) is 13.2. The minimum atomic E-state index is -3.27. The second kappa shape index (κ2) is 11.4. The predicted molar refractivity (Wildman–Crippen MR) is 81.5 cm³/mol. The zero-order chi connectivity index (χ0) is 15.4. The molecule has 0 aromatic carbocycles. The number of sulfonamides is 1. The van der Waals surface area contributed by atoms with Crippen molar-refractivity contribution < 1.29 is 17.9 Å². The van der Waals surface area contributed by atoms with Gasteiger partial charge in [-0.15, -0.1) is 0 Å². The van der Waals surface area contributed by atoms with Crippen molar-refractivity contribution in [1.29, 1.82) is 0 Å². The summed E-state index contributed by atoms with van der Waals surface area (Å²) in [6.07, 6.45) is 1.67. The standard InChI is InChI=1S/C13H30N2O4S/c1-5-7-14-8-6-11-20(16,17)15(9-10-18-3)13(2)12-19-4/h13-14H,5-12H2,1-4H3. The van der Waals surface area contributed by atoms with E-state index in [2.05, 4.69) is 12.2 Å². The van der Waals surface area contributed by atoms with Gasteiger partial charge in [0.15, 0.2) is 0 Å². The highest BCUT2D eigenvalue weighted by molar-refractivity contribution is 7.89. The van der Waals surface area contributed by atoms with Crippen LogP contribution in [0.25, 0.3) is 0 Å². The first-order valence-corrected chi connectivity index (χ1v) is 8.78. The van der Waals surface area contributed by atoms with Crippen LogP contribution in [0.2, 0.25) is 0 Å². The molecule has 0 saturated heterocycles. The van der Waals surface area contributed by atoms with Gasteiger partial charge >= 0.3 is 0 Å². The van der Waals surface area contributed by atoms with Gasteiger partial charge in [-0.05, 0) is 32.9 Å².